The highest BCUT2D eigenvalue weighted by molar-refractivity contribution is 6.68. The first-order valence-electron chi connectivity index (χ1n) is 12.8. The lowest BCUT2D eigenvalue weighted by Crippen LogP contribution is -2.36. The van der Waals surface area contributed by atoms with E-state index < -0.39 is 13.9 Å². The number of carbonyl (C=O) groups excluding carboxylic acids is 1. The largest absolute Gasteiger partial charge is 0.497 e. The number of methoxy groups -OCH3 is 1. The number of hydrogen-bond donors (Lipinski definition) is 1. The maximum atomic E-state index is 13.5. The van der Waals surface area contributed by atoms with Crippen molar-refractivity contribution in [2.75, 3.05) is 7.11 Å². The van der Waals surface area contributed by atoms with Gasteiger partial charge in [0.2, 0.25) is 8.32 Å². The number of Topliss-reactive ketones (excluding diaryl/α,β-unsaturated/α-hetero) is 1. The molecule has 5 aromatic rings. The van der Waals surface area contributed by atoms with Gasteiger partial charge < -0.3 is 14.3 Å². The molecule has 5 rings (SSSR count). The second kappa shape index (κ2) is 10.9. The smallest absolute Gasteiger partial charge is 0.282 e. The van der Waals surface area contributed by atoms with Crippen molar-refractivity contribution in [1.29, 1.82) is 0 Å². The molecule has 1 N–H and O–H groups in total. The summed E-state index contributed by atoms with van der Waals surface area (Å²) < 4.78 is 14.5. The molecule has 0 unspecified atom stereocenters. The zero-order valence-electron chi connectivity index (χ0n) is 22.8. The average molecular weight is 555 g/mol. The quantitative estimate of drug-likeness (QED) is 0.205. The lowest BCUT2D eigenvalue weighted by atomic mass is 10.1. The Morgan fingerprint density at radius 3 is 2.42 bits per heavy atom. The van der Waals surface area contributed by atoms with Crippen LogP contribution in [0.15, 0.2) is 83.9 Å². The Balaban J connectivity index is 1.40. The van der Waals surface area contributed by atoms with Crippen LogP contribution in [0.2, 0.25) is 13.1 Å². The van der Waals surface area contributed by atoms with Crippen molar-refractivity contribution in [1.82, 2.24) is 19.3 Å². The van der Waals surface area contributed by atoms with Crippen molar-refractivity contribution in [3.63, 3.8) is 0 Å². The van der Waals surface area contributed by atoms with E-state index in [1.807, 2.05) is 36.4 Å². The van der Waals surface area contributed by atoms with E-state index in [1.165, 1.54) is 4.68 Å². The van der Waals surface area contributed by atoms with Crippen LogP contribution in [-0.2, 0) is 12.6 Å². The lowest BCUT2D eigenvalue weighted by Gasteiger charge is -2.20. The fourth-order valence-corrected chi connectivity index (χ4v) is 5.74. The minimum Gasteiger partial charge on any atom is -0.497 e. The number of ether oxygens (including phenoxy) is 2. The number of hydrogen-bond acceptors (Lipinski definition) is 7. The van der Waals surface area contributed by atoms with E-state index in [9.17, 15) is 14.4 Å². The molecule has 0 radical (unpaired) electrons. The third-order valence-corrected chi connectivity index (χ3v) is 7.56. The summed E-state index contributed by atoms with van der Waals surface area (Å²) in [5.41, 5.74) is 2.10. The maximum Gasteiger partial charge on any atom is 0.282 e. The minimum absolute atomic E-state index is 0.0485. The van der Waals surface area contributed by atoms with Gasteiger partial charge in [0.15, 0.2) is 5.78 Å². The molecule has 3 aromatic heterocycles. The number of rotatable bonds is 9. The van der Waals surface area contributed by atoms with Crippen LogP contribution in [0.3, 0.4) is 0 Å². The fraction of sp³-hybridized carbons (Fsp3) is 0.200. The Bertz CT molecular complexity index is 1740. The monoisotopic (exact) mass is 554 g/mol. The molecule has 0 amide bonds. The number of benzene rings is 2. The molecule has 10 heteroatoms. The van der Waals surface area contributed by atoms with Crippen LogP contribution in [0, 0.1) is 6.92 Å². The van der Waals surface area contributed by atoms with Crippen molar-refractivity contribution in [2.24, 2.45) is 0 Å². The summed E-state index contributed by atoms with van der Waals surface area (Å²) in [6.45, 7) is 5.34. The molecule has 204 valence electrons. The number of ketones is 1. The predicted molar refractivity (Wildman–Crippen MR) is 155 cm³/mol. The van der Waals surface area contributed by atoms with Gasteiger partial charge in [-0.1, -0.05) is 18.2 Å². The van der Waals surface area contributed by atoms with Gasteiger partial charge in [-0.3, -0.25) is 24.2 Å². The second-order valence-corrected chi connectivity index (χ2v) is 14.1. The average Bonchev–Trinajstić information content (AvgIpc) is 3.17. The molecule has 0 atom stereocenters. The van der Waals surface area contributed by atoms with E-state index in [-0.39, 0.29) is 23.9 Å². The van der Waals surface area contributed by atoms with Crippen molar-refractivity contribution in [2.45, 2.75) is 32.6 Å². The number of aromatic nitrogens is 4. The fourth-order valence-electron chi connectivity index (χ4n) is 4.63. The third-order valence-electron chi connectivity index (χ3n) is 6.49. The van der Waals surface area contributed by atoms with E-state index in [2.05, 4.69) is 9.97 Å². The minimum atomic E-state index is -2.62. The van der Waals surface area contributed by atoms with Gasteiger partial charge in [-0.15, -0.1) is 0 Å². The molecule has 0 aliphatic rings. The molecule has 0 bridgehead atoms. The highest BCUT2D eigenvalue weighted by atomic mass is 28.4. The highest BCUT2D eigenvalue weighted by Crippen LogP contribution is 2.30. The molecule has 0 fully saturated rings. The van der Waals surface area contributed by atoms with Crippen molar-refractivity contribution >= 4 is 25.0 Å². The summed E-state index contributed by atoms with van der Waals surface area (Å²) in [6.07, 6.45) is 3.44. The molecule has 0 aliphatic heterocycles. The van der Waals surface area contributed by atoms with Crippen LogP contribution in [0.4, 0.5) is 0 Å². The van der Waals surface area contributed by atoms with Crippen LogP contribution >= 0.6 is 0 Å². The summed E-state index contributed by atoms with van der Waals surface area (Å²) in [5.74, 6) is 1.49. The second-order valence-electron chi connectivity index (χ2n) is 10.2. The standard InChI is InChI=1S/C30H30N4O5Si/c1-20-29(30(36)34(22-8-6-5-7-9-22)33(20)19-40(3,4)37)27(35)16-21-10-11-24(18-32-21)39-28-14-15-31-26-17-23(38-2)12-13-25(26)28/h5-15,17-18,37H,16,19H2,1-4H3. The van der Waals surface area contributed by atoms with Gasteiger partial charge in [0, 0.05) is 29.0 Å². The Morgan fingerprint density at radius 1 is 1.00 bits per heavy atom. The van der Waals surface area contributed by atoms with Gasteiger partial charge in [-0.05, 0) is 62.5 Å². The van der Waals surface area contributed by atoms with Crippen molar-refractivity contribution in [3.8, 4) is 22.9 Å². The summed E-state index contributed by atoms with van der Waals surface area (Å²) in [4.78, 5) is 46.4. The van der Waals surface area contributed by atoms with Gasteiger partial charge in [0.25, 0.3) is 5.56 Å². The number of nitrogens with zero attached hydrogens (tertiary/aromatic N) is 4. The highest BCUT2D eigenvalue weighted by Gasteiger charge is 2.28. The maximum absolute atomic E-state index is 13.5. The van der Waals surface area contributed by atoms with Crippen LogP contribution in [0.1, 0.15) is 21.7 Å². The summed E-state index contributed by atoms with van der Waals surface area (Å²) in [5, 5.41) is 0.825. The molecular formula is C30H30N4O5Si. The first kappa shape index (κ1) is 27.0. The number of pyridine rings is 2. The summed E-state index contributed by atoms with van der Waals surface area (Å²) in [7, 11) is -1.01. The summed E-state index contributed by atoms with van der Waals surface area (Å²) in [6, 6.07) is 19.9. The first-order chi connectivity index (χ1) is 19.1. The molecule has 0 saturated carbocycles. The van der Waals surface area contributed by atoms with E-state index in [4.69, 9.17) is 9.47 Å². The Hall–Kier alpha value is -4.54. The Labute approximate surface area is 232 Å². The van der Waals surface area contributed by atoms with Crippen molar-refractivity contribution < 1.29 is 19.1 Å². The van der Waals surface area contributed by atoms with E-state index in [0.717, 1.165) is 10.9 Å². The van der Waals surface area contributed by atoms with E-state index >= 15 is 0 Å². The third kappa shape index (κ3) is 5.58. The van der Waals surface area contributed by atoms with Gasteiger partial charge in [-0.25, -0.2) is 4.68 Å². The van der Waals surface area contributed by atoms with Gasteiger partial charge in [0.05, 0.1) is 37.1 Å². The van der Waals surface area contributed by atoms with Gasteiger partial charge in [0.1, 0.15) is 22.8 Å². The lowest BCUT2D eigenvalue weighted by molar-refractivity contribution is 0.0990. The molecule has 0 saturated heterocycles. The first-order valence-corrected chi connectivity index (χ1v) is 16.0. The topological polar surface area (TPSA) is 108 Å². The summed E-state index contributed by atoms with van der Waals surface area (Å²) >= 11 is 0. The molecule has 0 aliphatic carbocycles. The molecule has 0 spiro atoms. The zero-order chi connectivity index (χ0) is 28.4. The van der Waals surface area contributed by atoms with Crippen LogP contribution in [0.5, 0.6) is 17.2 Å². The van der Waals surface area contributed by atoms with Crippen molar-refractivity contribution in [3.05, 3.63) is 106 Å². The number of para-hydroxylation sites is 1. The molecule has 2 aromatic carbocycles. The van der Waals surface area contributed by atoms with Gasteiger partial charge >= 0.3 is 0 Å². The molecule has 40 heavy (non-hydrogen) atoms. The van der Waals surface area contributed by atoms with E-state index in [0.29, 0.717) is 34.3 Å². The zero-order valence-corrected chi connectivity index (χ0v) is 23.8. The van der Waals surface area contributed by atoms with Gasteiger partial charge in [-0.2, -0.15) is 0 Å². The normalized spacial score (nSPS) is 11.5. The predicted octanol–water partition coefficient (Wildman–Crippen LogP) is 4.85. The molecule has 9 nitrogen and oxygen atoms in total. The molecule has 3 heterocycles. The van der Waals surface area contributed by atoms with E-state index in [1.54, 1.807) is 74.5 Å². The SMILES string of the molecule is COc1ccc2c(Oc3ccc(CC(=O)c4c(C)n(C[Si](C)(C)O)n(-c5ccccc5)c4=O)nc3)ccnc2c1. The van der Waals surface area contributed by atoms with Crippen LogP contribution in [0.25, 0.3) is 16.6 Å². The van der Waals surface area contributed by atoms with Crippen LogP contribution in [-0.4, -0.2) is 45.3 Å². The Morgan fingerprint density at radius 2 is 1.75 bits per heavy atom. The number of carbonyl (C=O) groups is 1. The van der Waals surface area contributed by atoms with Crippen LogP contribution < -0.4 is 15.0 Å². The number of fused-ring (bicyclic) bond motifs is 1. The Kier molecular flexibility index (Phi) is 7.38. The molecular weight excluding hydrogens is 524 g/mol.